The average Bonchev–Trinajstić information content (AvgIpc) is 3.49. The number of benzene rings is 2. The van der Waals surface area contributed by atoms with E-state index in [1.165, 1.54) is 16.9 Å². The molecule has 4 atom stereocenters. The zero-order valence-electron chi connectivity index (χ0n) is 24.5. The normalized spacial score (nSPS) is 26.5. The second-order valence-electron chi connectivity index (χ2n) is 12.0. The molecule has 6 rings (SSSR count). The number of aryl methyl sites for hydroxylation is 1. The molecule has 1 amide bonds. The number of halogens is 1. The van der Waals surface area contributed by atoms with Gasteiger partial charge in [0.05, 0.1) is 22.0 Å². The van der Waals surface area contributed by atoms with Crippen molar-refractivity contribution in [3.63, 3.8) is 0 Å². The van der Waals surface area contributed by atoms with Gasteiger partial charge in [0.1, 0.15) is 12.4 Å². The molecule has 8 nitrogen and oxygen atoms in total. The molecular formula is C33H38ClN3O5S2. The predicted octanol–water partition coefficient (Wildman–Crippen LogP) is 5.93. The van der Waals surface area contributed by atoms with Gasteiger partial charge >= 0.3 is 0 Å². The monoisotopic (exact) mass is 655 g/mol. The maximum absolute atomic E-state index is 13.6. The van der Waals surface area contributed by atoms with Gasteiger partial charge in [0, 0.05) is 41.7 Å². The molecule has 2 bridgehead atoms. The van der Waals surface area contributed by atoms with Crippen molar-refractivity contribution in [3.05, 3.63) is 86.8 Å². The van der Waals surface area contributed by atoms with E-state index in [9.17, 15) is 18.3 Å². The minimum atomic E-state index is -4.03. The van der Waals surface area contributed by atoms with Crippen LogP contribution in [0.15, 0.2) is 60.1 Å². The van der Waals surface area contributed by atoms with Gasteiger partial charge in [0.2, 0.25) is 10.0 Å². The number of anilines is 1. The van der Waals surface area contributed by atoms with Crippen LogP contribution in [0.1, 0.15) is 65.0 Å². The number of hydrogen-bond donors (Lipinski definition) is 2. The average molecular weight is 656 g/mol. The van der Waals surface area contributed by atoms with Crippen molar-refractivity contribution in [1.29, 1.82) is 0 Å². The largest absolute Gasteiger partial charge is 0.487 e. The smallest absolute Gasteiger partial charge is 0.264 e. The number of nitrogens with zero attached hydrogens (tertiary/aromatic N) is 2. The van der Waals surface area contributed by atoms with Gasteiger partial charge in [-0.05, 0) is 98.2 Å². The number of hydrogen-bond acceptors (Lipinski definition) is 8. The van der Waals surface area contributed by atoms with Crippen LogP contribution in [0, 0.1) is 11.8 Å². The third kappa shape index (κ3) is 7.14. The van der Waals surface area contributed by atoms with E-state index in [1.807, 2.05) is 35.7 Å². The van der Waals surface area contributed by atoms with Crippen LogP contribution in [0.2, 0.25) is 5.02 Å². The summed E-state index contributed by atoms with van der Waals surface area (Å²) in [4.78, 5) is 20.1. The number of aliphatic hydroxyl groups is 1. The highest BCUT2D eigenvalue weighted by atomic mass is 35.5. The Balaban J connectivity index is 1.36. The van der Waals surface area contributed by atoms with E-state index in [1.54, 1.807) is 24.4 Å². The molecule has 44 heavy (non-hydrogen) atoms. The van der Waals surface area contributed by atoms with Gasteiger partial charge in [0.15, 0.2) is 0 Å². The molecule has 2 aromatic carbocycles. The lowest BCUT2D eigenvalue weighted by molar-refractivity contribution is 0.0461. The highest BCUT2D eigenvalue weighted by Crippen LogP contribution is 2.41. The number of nitrogens with one attached hydrogen (secondary N) is 1. The number of carbonyl (C=O) groups is 1. The molecule has 0 unspecified atom stereocenters. The standard InChI is InChI=1S/C33H38ClN3O5S2/c34-26-11-8-25-21-42-31-13-10-23-18-29(31)37(15-4-3-5-22(25)17-26)20-24-9-12-28(24)30(38)7-2-1-6-27(19-32-35-14-16-43-32)44(40,41)36-33(23)39/h2,7-8,10-11,13-14,16-18,24,27-28,30,38H,1,3-6,9,12,15,19-21H2,(H,36,39)/b7-2+/t24-,27-,28+,30-/m0/s1. The molecule has 2 aliphatic heterocycles. The molecule has 3 heterocycles. The lowest BCUT2D eigenvalue weighted by atomic mass is 9.70. The van der Waals surface area contributed by atoms with E-state index >= 15 is 0 Å². The highest BCUT2D eigenvalue weighted by Gasteiger charge is 2.37. The number of allylic oxidation sites excluding steroid dienone is 1. The molecule has 1 aliphatic carbocycles. The third-order valence-corrected chi connectivity index (χ3v) is 11.9. The summed E-state index contributed by atoms with van der Waals surface area (Å²) < 4.78 is 35.9. The Morgan fingerprint density at radius 1 is 1.11 bits per heavy atom. The van der Waals surface area contributed by atoms with Gasteiger partial charge in [-0.15, -0.1) is 11.3 Å². The van der Waals surface area contributed by atoms with Gasteiger partial charge in [-0.1, -0.05) is 29.8 Å². The first-order chi connectivity index (χ1) is 21.3. The SMILES string of the molecule is O=C1NS(=O)(=O)[C@H](Cc2nccs2)CC/C=C/[C@H](O)[C@@H]2CC[C@H]2CN2CCCCc3cc(Cl)ccc3COc3ccc1cc32. The summed E-state index contributed by atoms with van der Waals surface area (Å²) in [6.45, 7) is 1.80. The minimum absolute atomic E-state index is 0.120. The lowest BCUT2D eigenvalue weighted by Crippen LogP contribution is -2.43. The summed E-state index contributed by atoms with van der Waals surface area (Å²) in [5.74, 6) is 0.374. The first-order valence-electron chi connectivity index (χ1n) is 15.3. The number of thiazole rings is 1. The Morgan fingerprint density at radius 2 is 2.00 bits per heavy atom. The van der Waals surface area contributed by atoms with E-state index in [-0.39, 0.29) is 23.8 Å². The molecule has 2 N–H and O–H groups in total. The molecule has 0 spiro atoms. The van der Waals surface area contributed by atoms with Crippen LogP contribution >= 0.6 is 22.9 Å². The number of rotatable bonds is 2. The van der Waals surface area contributed by atoms with Crippen molar-refractivity contribution in [3.8, 4) is 5.75 Å². The number of sulfonamides is 1. The number of fused-ring (bicyclic) bond motifs is 3. The van der Waals surface area contributed by atoms with Crippen molar-refractivity contribution >= 4 is 44.6 Å². The Kier molecular flexibility index (Phi) is 9.61. The summed E-state index contributed by atoms with van der Waals surface area (Å²) in [7, 11) is -4.03. The quantitative estimate of drug-likeness (QED) is 0.330. The number of aliphatic hydroxyl groups excluding tert-OH is 1. The van der Waals surface area contributed by atoms with Gasteiger partial charge < -0.3 is 14.7 Å². The number of carbonyl (C=O) groups excluding carboxylic acids is 1. The zero-order valence-corrected chi connectivity index (χ0v) is 26.9. The summed E-state index contributed by atoms with van der Waals surface area (Å²) in [5, 5.41) is 13.5. The van der Waals surface area contributed by atoms with E-state index in [0.29, 0.717) is 41.8 Å². The fourth-order valence-corrected chi connectivity index (χ4v) is 8.85. The Hall–Kier alpha value is -2.92. The first kappa shape index (κ1) is 31.1. The van der Waals surface area contributed by atoms with Gasteiger partial charge in [0.25, 0.3) is 5.91 Å². The summed E-state index contributed by atoms with van der Waals surface area (Å²) >= 11 is 7.71. The molecule has 0 radical (unpaired) electrons. The van der Waals surface area contributed by atoms with Gasteiger partial charge in [-0.2, -0.15) is 0 Å². The minimum Gasteiger partial charge on any atom is -0.487 e. The van der Waals surface area contributed by atoms with Crippen LogP contribution in [-0.2, 0) is 29.5 Å². The van der Waals surface area contributed by atoms with Crippen LogP contribution in [0.25, 0.3) is 0 Å². The predicted molar refractivity (Wildman–Crippen MR) is 174 cm³/mol. The Bertz CT molecular complexity index is 1610. The van der Waals surface area contributed by atoms with Crippen molar-refractivity contribution in [1.82, 2.24) is 9.71 Å². The van der Waals surface area contributed by atoms with Crippen molar-refractivity contribution in [2.45, 2.75) is 69.3 Å². The number of aromatic nitrogens is 1. The lowest BCUT2D eigenvalue weighted by Gasteiger charge is -2.42. The molecule has 1 aromatic heterocycles. The van der Waals surface area contributed by atoms with Gasteiger partial charge in [-0.3, -0.25) is 4.79 Å². The summed E-state index contributed by atoms with van der Waals surface area (Å²) in [5.41, 5.74) is 3.25. The third-order valence-electron chi connectivity index (χ3n) is 9.16. The Labute approximate surface area is 268 Å². The molecule has 11 heteroatoms. The summed E-state index contributed by atoms with van der Waals surface area (Å²) in [6, 6.07) is 11.0. The van der Waals surface area contributed by atoms with Crippen LogP contribution in [-0.4, -0.2) is 48.9 Å². The molecule has 3 aliphatic rings. The van der Waals surface area contributed by atoms with E-state index in [2.05, 4.69) is 14.6 Å². The summed E-state index contributed by atoms with van der Waals surface area (Å²) in [6.07, 6.45) is 10.4. The topological polar surface area (TPSA) is 109 Å². The van der Waals surface area contributed by atoms with Crippen LogP contribution in [0.3, 0.4) is 0 Å². The second-order valence-corrected chi connectivity index (χ2v) is 15.4. The van der Waals surface area contributed by atoms with Crippen molar-refractivity contribution < 1.29 is 23.1 Å². The van der Waals surface area contributed by atoms with Crippen LogP contribution in [0.4, 0.5) is 5.69 Å². The van der Waals surface area contributed by atoms with E-state index in [0.717, 1.165) is 49.9 Å². The number of amides is 1. The fourth-order valence-electron chi connectivity index (χ4n) is 6.48. The molecule has 1 fully saturated rings. The molecule has 3 aromatic rings. The number of ether oxygens (including phenoxy) is 1. The van der Waals surface area contributed by atoms with E-state index < -0.39 is 27.3 Å². The molecular weight excluding hydrogens is 618 g/mol. The zero-order chi connectivity index (χ0) is 30.7. The molecule has 234 valence electrons. The first-order valence-corrected chi connectivity index (χ1v) is 18.2. The van der Waals surface area contributed by atoms with Crippen molar-refractivity contribution in [2.75, 3.05) is 18.0 Å². The maximum atomic E-state index is 13.6. The van der Waals surface area contributed by atoms with Crippen LogP contribution in [0.5, 0.6) is 5.75 Å². The maximum Gasteiger partial charge on any atom is 0.264 e. The second kappa shape index (κ2) is 13.6. The highest BCUT2D eigenvalue weighted by molar-refractivity contribution is 7.90. The Morgan fingerprint density at radius 3 is 2.80 bits per heavy atom. The van der Waals surface area contributed by atoms with E-state index in [4.69, 9.17) is 16.3 Å². The fraction of sp³-hybridized carbons (Fsp3) is 0.455. The molecule has 0 saturated heterocycles. The van der Waals surface area contributed by atoms with Crippen LogP contribution < -0.4 is 14.4 Å². The van der Waals surface area contributed by atoms with Crippen molar-refractivity contribution in [2.24, 2.45) is 11.8 Å². The van der Waals surface area contributed by atoms with Gasteiger partial charge in [-0.25, -0.2) is 18.1 Å². The molecule has 1 saturated carbocycles.